The number of nitrogens with zero attached hydrogens (tertiary/aromatic N) is 1. The molecule has 2 N–H and O–H groups in total. The van der Waals surface area contributed by atoms with Gasteiger partial charge in [0.15, 0.2) is 11.5 Å². The van der Waals surface area contributed by atoms with Crippen molar-refractivity contribution in [3.05, 3.63) is 23.8 Å². The summed E-state index contributed by atoms with van der Waals surface area (Å²) in [5.41, 5.74) is 0.446. The lowest BCUT2D eigenvalue weighted by Gasteiger charge is -2.20. The van der Waals surface area contributed by atoms with Gasteiger partial charge < -0.3 is 20.1 Å². The molecule has 1 spiro atoms. The van der Waals surface area contributed by atoms with Crippen molar-refractivity contribution in [2.45, 2.75) is 44.2 Å². The summed E-state index contributed by atoms with van der Waals surface area (Å²) in [6, 6.07) is 5.60. The summed E-state index contributed by atoms with van der Waals surface area (Å²) in [5.74, 6) is 1.54. The molecule has 1 aliphatic carbocycles. The van der Waals surface area contributed by atoms with E-state index in [1.807, 2.05) is 18.2 Å². The highest BCUT2D eigenvalue weighted by atomic mass is 35.5. The van der Waals surface area contributed by atoms with Gasteiger partial charge in [0.25, 0.3) is 5.91 Å². The Hall–Kier alpha value is -1.99. The minimum Gasteiger partial charge on any atom is -0.454 e. The number of rotatable bonds is 6. The van der Waals surface area contributed by atoms with Crippen molar-refractivity contribution in [3.63, 3.8) is 0 Å². The molecule has 26 heavy (non-hydrogen) atoms. The number of urea groups is 1. The molecule has 1 aromatic carbocycles. The number of fused-ring (bicyclic) bond motifs is 1. The Morgan fingerprint density at radius 1 is 1.19 bits per heavy atom. The molecule has 1 saturated heterocycles. The van der Waals surface area contributed by atoms with Crippen LogP contribution in [0.15, 0.2) is 18.2 Å². The second-order valence-corrected chi connectivity index (χ2v) is 6.86. The Labute approximate surface area is 158 Å². The molecule has 4 rings (SSSR count). The summed E-state index contributed by atoms with van der Waals surface area (Å²) in [6.07, 6.45) is 4.28. The van der Waals surface area contributed by atoms with Gasteiger partial charge in [-0.2, -0.15) is 0 Å². The highest BCUT2D eigenvalue weighted by molar-refractivity contribution is 6.07. The lowest BCUT2D eigenvalue weighted by molar-refractivity contribution is -0.131. The van der Waals surface area contributed by atoms with Crippen LogP contribution < -0.4 is 20.1 Å². The van der Waals surface area contributed by atoms with Crippen LogP contribution in [-0.2, 0) is 11.3 Å². The first-order valence-corrected chi connectivity index (χ1v) is 8.92. The van der Waals surface area contributed by atoms with Crippen molar-refractivity contribution in [2.75, 3.05) is 19.9 Å². The standard InChI is InChI=1S/C18H23N3O4.ClH/c22-16-18(7-1-2-8-18)20-17(23)21(16)10-4-9-19-11-13-5-3-6-14-15(13)25-12-24-14;/h3,5-6,19H,1-2,4,7-12H2,(H,20,23);1H. The third-order valence-corrected chi connectivity index (χ3v) is 5.23. The molecule has 3 amide bonds. The molecule has 0 radical (unpaired) electrons. The minimum absolute atomic E-state index is 0. The van der Waals surface area contributed by atoms with Gasteiger partial charge in [-0.15, -0.1) is 12.4 Å². The van der Waals surface area contributed by atoms with E-state index in [0.29, 0.717) is 19.6 Å². The number of benzene rings is 1. The Morgan fingerprint density at radius 2 is 2.00 bits per heavy atom. The Kier molecular flexibility index (Phi) is 5.58. The Bertz CT molecular complexity index is 691. The van der Waals surface area contributed by atoms with E-state index in [1.165, 1.54) is 4.90 Å². The summed E-state index contributed by atoms with van der Waals surface area (Å²) in [4.78, 5) is 26.0. The summed E-state index contributed by atoms with van der Waals surface area (Å²) < 4.78 is 10.8. The number of halogens is 1. The largest absolute Gasteiger partial charge is 0.454 e. The summed E-state index contributed by atoms with van der Waals surface area (Å²) >= 11 is 0. The first-order valence-electron chi connectivity index (χ1n) is 8.92. The van der Waals surface area contributed by atoms with Crippen LogP contribution in [0.2, 0.25) is 0 Å². The summed E-state index contributed by atoms with van der Waals surface area (Å²) in [7, 11) is 0. The maximum atomic E-state index is 12.5. The number of ether oxygens (including phenoxy) is 2. The zero-order valence-corrected chi connectivity index (χ0v) is 15.4. The van der Waals surface area contributed by atoms with Crippen LogP contribution in [0.5, 0.6) is 11.5 Å². The number of carbonyl (C=O) groups excluding carboxylic acids is 2. The molecule has 2 aliphatic heterocycles. The van der Waals surface area contributed by atoms with Gasteiger partial charge in [-0.05, 0) is 31.9 Å². The molecule has 1 aromatic rings. The van der Waals surface area contributed by atoms with E-state index >= 15 is 0 Å². The predicted octanol–water partition coefficient (Wildman–Crippen LogP) is 2.18. The first-order chi connectivity index (χ1) is 12.2. The average Bonchev–Trinajstić information content (AvgIpc) is 3.31. The minimum atomic E-state index is -0.605. The van der Waals surface area contributed by atoms with Crippen LogP contribution in [0, 0.1) is 0 Å². The van der Waals surface area contributed by atoms with Crippen LogP contribution in [0.3, 0.4) is 0 Å². The molecular weight excluding hydrogens is 358 g/mol. The molecule has 2 heterocycles. The molecule has 0 unspecified atom stereocenters. The zero-order valence-electron chi connectivity index (χ0n) is 14.6. The van der Waals surface area contributed by atoms with Gasteiger partial charge in [-0.1, -0.05) is 25.0 Å². The van der Waals surface area contributed by atoms with E-state index in [9.17, 15) is 9.59 Å². The predicted molar refractivity (Wildman–Crippen MR) is 97.6 cm³/mol. The lowest BCUT2D eigenvalue weighted by Crippen LogP contribution is -2.44. The van der Waals surface area contributed by atoms with Gasteiger partial charge in [-0.3, -0.25) is 9.69 Å². The second kappa shape index (κ2) is 7.72. The van der Waals surface area contributed by atoms with E-state index in [-0.39, 0.29) is 31.1 Å². The molecule has 1 saturated carbocycles. The van der Waals surface area contributed by atoms with Crippen molar-refractivity contribution in [1.82, 2.24) is 15.5 Å². The van der Waals surface area contributed by atoms with Crippen molar-refractivity contribution >= 4 is 24.3 Å². The molecule has 3 aliphatic rings. The number of carbonyl (C=O) groups is 2. The quantitative estimate of drug-likeness (QED) is 0.583. The normalized spacial score (nSPS) is 19.8. The van der Waals surface area contributed by atoms with Crippen molar-refractivity contribution in [1.29, 1.82) is 0 Å². The van der Waals surface area contributed by atoms with E-state index < -0.39 is 5.54 Å². The van der Waals surface area contributed by atoms with E-state index in [2.05, 4.69) is 10.6 Å². The summed E-state index contributed by atoms with van der Waals surface area (Å²) in [5, 5.41) is 6.25. The second-order valence-electron chi connectivity index (χ2n) is 6.86. The first kappa shape index (κ1) is 18.8. The molecule has 8 heteroatoms. The average molecular weight is 382 g/mol. The highest BCUT2D eigenvalue weighted by Gasteiger charge is 2.51. The van der Waals surface area contributed by atoms with Crippen LogP contribution in [-0.4, -0.2) is 42.3 Å². The monoisotopic (exact) mass is 381 g/mol. The van der Waals surface area contributed by atoms with E-state index in [0.717, 1.165) is 49.2 Å². The Balaban J connectivity index is 0.00000196. The highest BCUT2D eigenvalue weighted by Crippen LogP contribution is 2.36. The number of nitrogens with one attached hydrogen (secondary N) is 2. The molecular formula is C18H24ClN3O4. The number of imide groups is 1. The van der Waals surface area contributed by atoms with Crippen molar-refractivity contribution in [3.8, 4) is 11.5 Å². The fraction of sp³-hybridized carbons (Fsp3) is 0.556. The van der Waals surface area contributed by atoms with E-state index in [4.69, 9.17) is 9.47 Å². The van der Waals surface area contributed by atoms with Gasteiger partial charge in [0.05, 0.1) is 0 Å². The molecule has 0 atom stereocenters. The van der Waals surface area contributed by atoms with Crippen LogP contribution >= 0.6 is 12.4 Å². The van der Waals surface area contributed by atoms with E-state index in [1.54, 1.807) is 0 Å². The summed E-state index contributed by atoms with van der Waals surface area (Å²) in [6.45, 7) is 2.09. The zero-order chi connectivity index (χ0) is 17.3. The van der Waals surface area contributed by atoms with Crippen LogP contribution in [0.25, 0.3) is 0 Å². The SMILES string of the molecule is Cl.O=C1NC2(CCCC2)C(=O)N1CCCNCc1cccc2c1OCO2. The van der Waals surface area contributed by atoms with Gasteiger partial charge in [0, 0.05) is 18.7 Å². The Morgan fingerprint density at radius 3 is 2.81 bits per heavy atom. The fourth-order valence-electron chi connectivity index (χ4n) is 3.91. The van der Waals surface area contributed by atoms with Gasteiger partial charge >= 0.3 is 6.03 Å². The fourth-order valence-corrected chi connectivity index (χ4v) is 3.91. The van der Waals surface area contributed by atoms with Crippen molar-refractivity contribution in [2.24, 2.45) is 0 Å². The maximum absolute atomic E-state index is 12.5. The third-order valence-electron chi connectivity index (χ3n) is 5.23. The number of hydrogen-bond acceptors (Lipinski definition) is 5. The van der Waals surface area contributed by atoms with Crippen molar-refractivity contribution < 1.29 is 19.1 Å². The number of amides is 3. The topological polar surface area (TPSA) is 79.9 Å². The maximum Gasteiger partial charge on any atom is 0.325 e. The molecule has 0 aromatic heterocycles. The smallest absolute Gasteiger partial charge is 0.325 e. The number of para-hydroxylation sites is 1. The molecule has 2 fully saturated rings. The third kappa shape index (κ3) is 3.33. The molecule has 7 nitrogen and oxygen atoms in total. The van der Waals surface area contributed by atoms with Crippen LogP contribution in [0.1, 0.15) is 37.7 Å². The van der Waals surface area contributed by atoms with Gasteiger partial charge in [-0.25, -0.2) is 4.79 Å². The van der Waals surface area contributed by atoms with Gasteiger partial charge in [0.1, 0.15) is 5.54 Å². The number of hydrogen-bond donors (Lipinski definition) is 2. The molecule has 142 valence electrons. The van der Waals surface area contributed by atoms with Crippen LogP contribution in [0.4, 0.5) is 4.79 Å². The molecule has 0 bridgehead atoms. The lowest BCUT2D eigenvalue weighted by atomic mass is 9.98. The van der Waals surface area contributed by atoms with Gasteiger partial charge in [0.2, 0.25) is 6.79 Å².